The minimum Gasteiger partial charge on any atom is -0.497 e. The van der Waals surface area contributed by atoms with Gasteiger partial charge in [0, 0.05) is 17.8 Å². The van der Waals surface area contributed by atoms with Crippen LogP contribution in [0.1, 0.15) is 51.4 Å². The van der Waals surface area contributed by atoms with Crippen molar-refractivity contribution >= 4 is 12.9 Å². The lowest BCUT2D eigenvalue weighted by atomic mass is 9.73. The molecule has 0 aliphatic carbocycles. The number of carbonyl (C=O) groups is 1. The smallest absolute Gasteiger partial charge is 0.464 e. The van der Waals surface area contributed by atoms with Gasteiger partial charge >= 0.3 is 7.12 Å². The zero-order chi connectivity index (χ0) is 18.0. The number of benzene rings is 1. The Balaban J connectivity index is 1.90. The van der Waals surface area contributed by atoms with Crippen molar-refractivity contribution in [3.63, 3.8) is 0 Å². The summed E-state index contributed by atoms with van der Waals surface area (Å²) in [5.74, 6) is 0.904. The number of hydrogen-bond donors (Lipinski definition) is 0. The Kier molecular flexibility index (Phi) is 5.56. The average Bonchev–Trinajstić information content (AvgIpc) is 2.75. The highest BCUT2D eigenvalue weighted by atomic mass is 16.7. The molecule has 1 heterocycles. The lowest BCUT2D eigenvalue weighted by Gasteiger charge is -2.32. The molecule has 0 saturated carbocycles. The summed E-state index contributed by atoms with van der Waals surface area (Å²) in [5, 5.41) is 0. The van der Waals surface area contributed by atoms with Crippen LogP contribution in [-0.4, -0.2) is 31.2 Å². The minimum absolute atomic E-state index is 0.0784. The van der Waals surface area contributed by atoms with E-state index in [1.165, 1.54) is 0 Å². The highest BCUT2D eigenvalue weighted by Crippen LogP contribution is 2.40. The Morgan fingerprint density at radius 1 is 1.17 bits per heavy atom. The van der Waals surface area contributed by atoms with Gasteiger partial charge in [-0.25, -0.2) is 0 Å². The lowest BCUT2D eigenvalue weighted by Crippen LogP contribution is -2.41. The SMILES string of the molecule is COc1ccc(C(=O)C/C=C/[C@@H](C)B2OC(C)(C)C(C)(C)O2)cc1. The molecule has 0 bridgehead atoms. The first-order valence-electron chi connectivity index (χ1n) is 8.36. The minimum atomic E-state index is -0.335. The normalized spacial score (nSPS) is 20.3. The van der Waals surface area contributed by atoms with E-state index >= 15 is 0 Å². The molecule has 1 fully saturated rings. The number of ether oxygens (including phenoxy) is 1. The summed E-state index contributed by atoms with van der Waals surface area (Å²) in [6, 6.07) is 7.16. The molecule has 1 atom stereocenters. The lowest BCUT2D eigenvalue weighted by molar-refractivity contribution is 0.00578. The third-order valence-corrected chi connectivity index (χ3v) is 4.86. The molecule has 0 spiro atoms. The average molecular weight is 330 g/mol. The van der Waals surface area contributed by atoms with Gasteiger partial charge in [-0.1, -0.05) is 19.1 Å². The van der Waals surface area contributed by atoms with Gasteiger partial charge in [0.1, 0.15) is 5.75 Å². The van der Waals surface area contributed by atoms with Gasteiger partial charge in [-0.15, -0.1) is 0 Å². The fourth-order valence-electron chi connectivity index (χ4n) is 2.48. The summed E-state index contributed by atoms with van der Waals surface area (Å²) in [6.07, 6.45) is 4.24. The predicted octanol–water partition coefficient (Wildman–Crippen LogP) is 4.31. The molecule has 0 amide bonds. The second-order valence-corrected chi connectivity index (χ2v) is 7.27. The van der Waals surface area contributed by atoms with Crippen molar-refractivity contribution in [3.05, 3.63) is 42.0 Å². The summed E-state index contributed by atoms with van der Waals surface area (Å²) < 4.78 is 17.1. The van der Waals surface area contributed by atoms with Crippen molar-refractivity contribution in [3.8, 4) is 5.75 Å². The summed E-state index contributed by atoms with van der Waals surface area (Å²) in [4.78, 5) is 12.2. The summed E-state index contributed by atoms with van der Waals surface area (Å²) in [6.45, 7) is 10.2. The van der Waals surface area contributed by atoms with E-state index in [9.17, 15) is 4.79 Å². The van der Waals surface area contributed by atoms with Gasteiger partial charge in [-0.05, 0) is 52.0 Å². The van der Waals surface area contributed by atoms with Crippen LogP contribution in [0.5, 0.6) is 5.75 Å². The fourth-order valence-corrected chi connectivity index (χ4v) is 2.48. The molecule has 0 aromatic heterocycles. The molecule has 1 aromatic rings. The maximum Gasteiger partial charge on any atom is 0.464 e. The first-order chi connectivity index (χ1) is 11.2. The number of carbonyl (C=O) groups excluding carboxylic acids is 1. The van der Waals surface area contributed by atoms with Gasteiger partial charge in [0.05, 0.1) is 18.3 Å². The van der Waals surface area contributed by atoms with Crippen LogP contribution >= 0.6 is 0 Å². The summed E-state index contributed by atoms with van der Waals surface area (Å²) >= 11 is 0. The van der Waals surface area contributed by atoms with Gasteiger partial charge in [-0.2, -0.15) is 0 Å². The van der Waals surface area contributed by atoms with Crippen molar-refractivity contribution in [2.45, 2.75) is 58.1 Å². The number of ketones is 1. The van der Waals surface area contributed by atoms with E-state index in [1.807, 2.05) is 46.8 Å². The van der Waals surface area contributed by atoms with Gasteiger partial charge in [0.15, 0.2) is 5.78 Å². The molecule has 24 heavy (non-hydrogen) atoms. The van der Waals surface area contributed by atoms with Gasteiger partial charge < -0.3 is 14.0 Å². The molecule has 1 aliphatic rings. The zero-order valence-corrected chi connectivity index (χ0v) is 15.5. The highest BCUT2D eigenvalue weighted by Gasteiger charge is 2.52. The summed E-state index contributed by atoms with van der Waals surface area (Å²) in [7, 11) is 1.32. The number of rotatable bonds is 6. The maximum atomic E-state index is 12.2. The van der Waals surface area contributed by atoms with Gasteiger partial charge in [0.2, 0.25) is 0 Å². The van der Waals surface area contributed by atoms with Crippen LogP contribution in [0.15, 0.2) is 36.4 Å². The molecule has 130 valence electrons. The highest BCUT2D eigenvalue weighted by molar-refractivity contribution is 6.48. The van der Waals surface area contributed by atoms with Crippen LogP contribution in [0.2, 0.25) is 5.82 Å². The Morgan fingerprint density at radius 3 is 2.21 bits per heavy atom. The van der Waals surface area contributed by atoms with E-state index in [1.54, 1.807) is 31.4 Å². The van der Waals surface area contributed by atoms with E-state index in [-0.39, 0.29) is 29.9 Å². The largest absolute Gasteiger partial charge is 0.497 e. The Morgan fingerprint density at radius 2 is 1.71 bits per heavy atom. The van der Waals surface area contributed by atoms with E-state index in [2.05, 4.69) is 0 Å². The molecule has 5 heteroatoms. The van der Waals surface area contributed by atoms with Crippen LogP contribution in [0.3, 0.4) is 0 Å². The van der Waals surface area contributed by atoms with Crippen molar-refractivity contribution in [2.24, 2.45) is 0 Å². The molecule has 0 N–H and O–H groups in total. The Labute approximate surface area is 145 Å². The first kappa shape index (κ1) is 18.7. The van der Waals surface area contributed by atoms with E-state index in [0.717, 1.165) is 5.75 Å². The monoisotopic (exact) mass is 330 g/mol. The van der Waals surface area contributed by atoms with Gasteiger partial charge in [-0.3, -0.25) is 4.79 Å². The quantitative estimate of drug-likeness (QED) is 0.443. The van der Waals surface area contributed by atoms with Crippen LogP contribution in [0, 0.1) is 0 Å². The third kappa shape index (κ3) is 4.08. The first-order valence-corrected chi connectivity index (χ1v) is 8.36. The molecule has 1 saturated heterocycles. The molecule has 0 radical (unpaired) electrons. The van der Waals surface area contributed by atoms with E-state index in [4.69, 9.17) is 14.0 Å². The second-order valence-electron chi connectivity index (χ2n) is 7.27. The molecule has 4 nitrogen and oxygen atoms in total. The zero-order valence-electron chi connectivity index (χ0n) is 15.5. The number of methoxy groups -OCH3 is 1. The van der Waals surface area contributed by atoms with Crippen LogP contribution < -0.4 is 4.74 Å². The maximum absolute atomic E-state index is 12.2. The van der Waals surface area contributed by atoms with Crippen molar-refractivity contribution in [1.82, 2.24) is 0 Å². The Bertz CT molecular complexity index is 588. The van der Waals surface area contributed by atoms with Gasteiger partial charge in [0.25, 0.3) is 0 Å². The number of allylic oxidation sites excluding steroid dienone is 2. The standard InChI is InChI=1S/C19H27BO4/c1-14(20-23-18(2,3)19(4,5)24-20)8-7-9-17(21)15-10-12-16(22-6)13-11-15/h7-8,10-14H,9H2,1-6H3/b8-7+/t14-/m1/s1. The number of Topliss-reactive ketones (excluding diaryl/α,β-unsaturated/α-hetero) is 1. The molecule has 2 rings (SSSR count). The molecular formula is C19H27BO4. The van der Waals surface area contributed by atoms with Crippen LogP contribution in [0.4, 0.5) is 0 Å². The second kappa shape index (κ2) is 7.12. The van der Waals surface area contributed by atoms with Crippen molar-refractivity contribution in [1.29, 1.82) is 0 Å². The topological polar surface area (TPSA) is 44.8 Å². The van der Waals surface area contributed by atoms with Crippen LogP contribution in [0.25, 0.3) is 0 Å². The molecular weight excluding hydrogens is 303 g/mol. The molecule has 1 aliphatic heterocycles. The Hall–Kier alpha value is -1.59. The molecule has 0 unspecified atom stereocenters. The number of hydrogen-bond acceptors (Lipinski definition) is 4. The fraction of sp³-hybridized carbons (Fsp3) is 0.526. The van der Waals surface area contributed by atoms with Crippen molar-refractivity contribution < 1.29 is 18.8 Å². The van der Waals surface area contributed by atoms with E-state index < -0.39 is 0 Å². The van der Waals surface area contributed by atoms with E-state index in [0.29, 0.717) is 12.0 Å². The molecule has 1 aromatic carbocycles. The predicted molar refractivity (Wildman–Crippen MR) is 96.6 cm³/mol. The summed E-state index contributed by atoms with van der Waals surface area (Å²) in [5.41, 5.74) is 0.0147. The van der Waals surface area contributed by atoms with Crippen molar-refractivity contribution in [2.75, 3.05) is 7.11 Å². The van der Waals surface area contributed by atoms with Crippen LogP contribution in [-0.2, 0) is 9.31 Å². The third-order valence-electron chi connectivity index (χ3n) is 4.86.